The molecule has 126 valence electrons. The monoisotopic (exact) mass is 330 g/mol. The number of rotatable bonds is 1. The Kier molecular flexibility index (Phi) is 3.43. The fraction of sp³-hybridized carbons (Fsp3) is 0.273. The van der Waals surface area contributed by atoms with Crippen LogP contribution in [0.2, 0.25) is 0 Å². The Morgan fingerprint density at radius 2 is 1.76 bits per heavy atom. The fourth-order valence-electron chi connectivity index (χ4n) is 4.12. The van der Waals surface area contributed by atoms with Gasteiger partial charge in [0.05, 0.1) is 12.7 Å². The van der Waals surface area contributed by atoms with Crippen molar-refractivity contribution in [1.29, 1.82) is 0 Å². The number of aryl methyl sites for hydroxylation is 2. The normalized spacial score (nSPS) is 14.8. The lowest BCUT2D eigenvalue weighted by atomic mass is 9.72. The lowest BCUT2D eigenvalue weighted by molar-refractivity contribution is -0.663. The van der Waals surface area contributed by atoms with Gasteiger partial charge in [0, 0.05) is 29.8 Å². The lowest BCUT2D eigenvalue weighted by Gasteiger charge is -2.41. The van der Waals surface area contributed by atoms with Crippen LogP contribution in [0.4, 0.5) is 11.4 Å². The third kappa shape index (κ3) is 2.19. The molecule has 1 aliphatic heterocycles. The van der Waals surface area contributed by atoms with Gasteiger partial charge in [-0.15, -0.1) is 0 Å². The summed E-state index contributed by atoms with van der Waals surface area (Å²) in [5.74, 6) is 0. The molecule has 0 amide bonds. The summed E-state index contributed by atoms with van der Waals surface area (Å²) in [4.78, 5) is 6.59. The van der Waals surface area contributed by atoms with Crippen LogP contribution in [0.25, 0.3) is 11.3 Å². The molecule has 3 heteroatoms. The second kappa shape index (κ2) is 5.41. The number of hydrogen-bond acceptors (Lipinski definition) is 2. The van der Waals surface area contributed by atoms with Crippen molar-refractivity contribution >= 4 is 11.4 Å². The van der Waals surface area contributed by atoms with Gasteiger partial charge in [0.25, 0.3) is 6.33 Å². The highest BCUT2D eigenvalue weighted by molar-refractivity contribution is 5.89. The van der Waals surface area contributed by atoms with Gasteiger partial charge >= 0.3 is 0 Å². The Morgan fingerprint density at radius 3 is 2.52 bits per heavy atom. The first kappa shape index (κ1) is 15.8. The smallest absolute Gasteiger partial charge is 0.286 e. The van der Waals surface area contributed by atoms with E-state index in [1.54, 1.807) is 0 Å². The molecule has 0 radical (unpaired) electrons. The maximum absolute atomic E-state index is 4.25. The average Bonchev–Trinajstić information content (AvgIpc) is 2.60. The van der Waals surface area contributed by atoms with Crippen molar-refractivity contribution in [3.05, 3.63) is 71.7 Å². The highest BCUT2D eigenvalue weighted by atomic mass is 15.1. The van der Waals surface area contributed by atoms with Gasteiger partial charge in [-0.1, -0.05) is 49.2 Å². The van der Waals surface area contributed by atoms with Crippen molar-refractivity contribution in [3.8, 4) is 11.3 Å². The van der Waals surface area contributed by atoms with Gasteiger partial charge in [0.2, 0.25) is 0 Å². The molecule has 0 bridgehead atoms. The van der Waals surface area contributed by atoms with Crippen molar-refractivity contribution in [2.75, 3.05) is 11.9 Å². The van der Waals surface area contributed by atoms with E-state index >= 15 is 0 Å². The Balaban J connectivity index is 2.09. The molecule has 3 aromatic rings. The SMILES string of the molecule is Cc1ccc2c(c1-c1ccnc[n+]1C)N(C)c1ccccc1C2(C)C. The first-order chi connectivity index (χ1) is 11.9. The highest BCUT2D eigenvalue weighted by Gasteiger charge is 2.37. The van der Waals surface area contributed by atoms with Crippen molar-refractivity contribution in [2.45, 2.75) is 26.2 Å². The van der Waals surface area contributed by atoms with Crippen LogP contribution in [0.15, 0.2) is 55.0 Å². The largest absolute Gasteiger partial charge is 0.343 e. The van der Waals surface area contributed by atoms with Gasteiger partial charge in [0.15, 0.2) is 0 Å². The summed E-state index contributed by atoms with van der Waals surface area (Å²) in [7, 11) is 4.24. The van der Waals surface area contributed by atoms with Gasteiger partial charge in [-0.25, -0.2) is 4.57 Å². The minimum Gasteiger partial charge on any atom is -0.343 e. The molecular weight excluding hydrogens is 306 g/mol. The van der Waals surface area contributed by atoms with E-state index in [0.717, 1.165) is 0 Å². The van der Waals surface area contributed by atoms with Crippen LogP contribution in [-0.2, 0) is 12.5 Å². The van der Waals surface area contributed by atoms with Gasteiger partial charge in [-0.05, 0) is 29.7 Å². The molecular formula is C22H24N3+. The molecule has 25 heavy (non-hydrogen) atoms. The summed E-state index contributed by atoms with van der Waals surface area (Å²) < 4.78 is 2.10. The van der Waals surface area contributed by atoms with E-state index in [0.29, 0.717) is 0 Å². The Morgan fingerprint density at radius 1 is 1.00 bits per heavy atom. The number of para-hydroxylation sites is 1. The van der Waals surface area contributed by atoms with E-state index in [-0.39, 0.29) is 5.41 Å². The van der Waals surface area contributed by atoms with Crippen molar-refractivity contribution in [2.24, 2.45) is 7.05 Å². The maximum atomic E-state index is 4.25. The van der Waals surface area contributed by atoms with Crippen molar-refractivity contribution in [1.82, 2.24) is 4.98 Å². The summed E-state index contributed by atoms with van der Waals surface area (Å²) in [6.45, 7) is 6.84. The molecule has 2 aromatic carbocycles. The molecule has 0 aliphatic carbocycles. The predicted molar refractivity (Wildman–Crippen MR) is 102 cm³/mol. The molecule has 0 unspecified atom stereocenters. The number of aromatic nitrogens is 2. The fourth-order valence-corrected chi connectivity index (χ4v) is 4.12. The molecule has 1 aromatic heterocycles. The zero-order valence-corrected chi connectivity index (χ0v) is 15.5. The zero-order valence-electron chi connectivity index (χ0n) is 15.5. The molecule has 1 aliphatic rings. The zero-order chi connectivity index (χ0) is 17.8. The Labute approximate surface area is 149 Å². The quantitative estimate of drug-likeness (QED) is 0.620. The molecule has 4 rings (SSSR count). The van der Waals surface area contributed by atoms with Crippen LogP contribution < -0.4 is 9.47 Å². The topological polar surface area (TPSA) is 20.0 Å². The number of benzene rings is 2. The maximum Gasteiger partial charge on any atom is 0.286 e. The van der Waals surface area contributed by atoms with Gasteiger partial charge in [-0.2, -0.15) is 0 Å². The van der Waals surface area contributed by atoms with Gasteiger partial charge in [-0.3, -0.25) is 0 Å². The molecule has 0 spiro atoms. The van der Waals surface area contributed by atoms with E-state index in [1.165, 1.54) is 39.3 Å². The van der Waals surface area contributed by atoms with Crippen LogP contribution in [-0.4, -0.2) is 12.0 Å². The van der Waals surface area contributed by atoms with E-state index in [9.17, 15) is 0 Å². The minimum absolute atomic E-state index is 0.0352. The van der Waals surface area contributed by atoms with Crippen LogP contribution in [0, 0.1) is 6.92 Å². The van der Waals surface area contributed by atoms with E-state index in [2.05, 4.69) is 91.8 Å². The molecule has 0 fully saturated rings. The van der Waals surface area contributed by atoms with E-state index in [1.807, 2.05) is 12.5 Å². The number of anilines is 2. The summed E-state index contributed by atoms with van der Waals surface area (Å²) in [6.07, 6.45) is 3.74. The number of hydrogen-bond donors (Lipinski definition) is 0. The highest BCUT2D eigenvalue weighted by Crippen LogP contribution is 2.51. The Bertz CT molecular complexity index is 973. The summed E-state index contributed by atoms with van der Waals surface area (Å²) in [6, 6.07) is 15.4. The number of fused-ring (bicyclic) bond motifs is 2. The lowest BCUT2D eigenvalue weighted by Crippen LogP contribution is -2.34. The van der Waals surface area contributed by atoms with E-state index < -0.39 is 0 Å². The van der Waals surface area contributed by atoms with Crippen LogP contribution >= 0.6 is 0 Å². The molecule has 0 saturated heterocycles. The minimum atomic E-state index is -0.0352. The van der Waals surface area contributed by atoms with Crippen molar-refractivity contribution < 1.29 is 4.57 Å². The molecule has 0 saturated carbocycles. The first-order valence-electron chi connectivity index (χ1n) is 8.70. The van der Waals surface area contributed by atoms with E-state index in [4.69, 9.17) is 0 Å². The predicted octanol–water partition coefficient (Wildman–Crippen LogP) is 4.29. The Hall–Kier alpha value is -2.68. The second-order valence-corrected chi connectivity index (χ2v) is 7.43. The first-order valence-corrected chi connectivity index (χ1v) is 8.70. The third-order valence-corrected chi connectivity index (χ3v) is 5.53. The van der Waals surface area contributed by atoms with Crippen LogP contribution in [0.1, 0.15) is 30.5 Å². The van der Waals surface area contributed by atoms with Crippen LogP contribution in [0.3, 0.4) is 0 Å². The van der Waals surface area contributed by atoms with Gasteiger partial charge in [0.1, 0.15) is 11.9 Å². The number of nitrogens with zero attached hydrogens (tertiary/aromatic N) is 3. The third-order valence-electron chi connectivity index (χ3n) is 5.53. The molecule has 3 nitrogen and oxygen atoms in total. The van der Waals surface area contributed by atoms with Gasteiger partial charge < -0.3 is 4.90 Å². The second-order valence-electron chi connectivity index (χ2n) is 7.43. The summed E-state index contributed by atoms with van der Waals surface area (Å²) in [5, 5.41) is 0. The standard InChI is InChI=1S/C22H24N3/c1-15-10-11-17-21(20(15)19-12-13-23-14-24(19)4)25(5)18-9-7-6-8-16(18)22(17,2)3/h6-14H,1-5H3/q+1. The average molecular weight is 330 g/mol. The summed E-state index contributed by atoms with van der Waals surface area (Å²) in [5.41, 5.74) is 9.03. The van der Waals surface area contributed by atoms with Crippen molar-refractivity contribution in [3.63, 3.8) is 0 Å². The summed E-state index contributed by atoms with van der Waals surface area (Å²) >= 11 is 0. The molecule has 0 atom stereocenters. The van der Waals surface area contributed by atoms with Crippen LogP contribution in [0.5, 0.6) is 0 Å². The molecule has 2 heterocycles. The molecule has 0 N–H and O–H groups in total.